The van der Waals surface area contributed by atoms with Gasteiger partial charge in [-0.15, -0.1) is 23.1 Å². The Balaban J connectivity index is 1.50. The summed E-state index contributed by atoms with van der Waals surface area (Å²) in [6, 6.07) is 26.4. The average molecular weight is 489 g/mol. The molecule has 1 atom stereocenters. The normalized spacial score (nSPS) is 11.4. The zero-order valence-corrected chi connectivity index (χ0v) is 19.4. The second kappa shape index (κ2) is 10.8. The van der Waals surface area contributed by atoms with Gasteiger partial charge in [0.2, 0.25) is 5.91 Å². The first-order chi connectivity index (χ1) is 16.5. The molecule has 0 spiro atoms. The molecule has 1 aromatic heterocycles. The van der Waals surface area contributed by atoms with Gasteiger partial charge in [-0.25, -0.2) is 4.79 Å². The van der Waals surface area contributed by atoms with E-state index in [9.17, 15) is 19.5 Å². The van der Waals surface area contributed by atoms with Crippen LogP contribution >= 0.6 is 23.1 Å². The molecule has 0 fully saturated rings. The van der Waals surface area contributed by atoms with E-state index in [1.54, 1.807) is 30.3 Å². The first-order valence-electron chi connectivity index (χ1n) is 10.3. The molecular formula is C26H20N2O4S2. The van der Waals surface area contributed by atoms with Crippen molar-refractivity contribution in [1.29, 1.82) is 0 Å². The Morgan fingerprint density at radius 2 is 1.56 bits per heavy atom. The molecule has 6 nitrogen and oxygen atoms in total. The maximum absolute atomic E-state index is 13.2. The van der Waals surface area contributed by atoms with Gasteiger partial charge in [-0.3, -0.25) is 9.59 Å². The smallest absolute Gasteiger partial charge is 0.335 e. The number of amides is 2. The minimum absolute atomic E-state index is 0.0990. The molecule has 3 aromatic carbocycles. The van der Waals surface area contributed by atoms with E-state index in [0.717, 1.165) is 10.5 Å². The van der Waals surface area contributed by atoms with Gasteiger partial charge < -0.3 is 15.7 Å². The van der Waals surface area contributed by atoms with Crippen molar-refractivity contribution < 1.29 is 19.5 Å². The lowest BCUT2D eigenvalue weighted by molar-refractivity contribution is -0.115. The molecule has 3 N–H and O–H groups in total. The van der Waals surface area contributed by atoms with Crippen LogP contribution in [0.4, 0.5) is 11.4 Å². The molecule has 0 aliphatic heterocycles. The lowest BCUT2D eigenvalue weighted by Crippen LogP contribution is -2.19. The average Bonchev–Trinajstić information content (AvgIpc) is 3.39. The van der Waals surface area contributed by atoms with Crippen molar-refractivity contribution in [2.24, 2.45) is 0 Å². The van der Waals surface area contributed by atoms with E-state index in [2.05, 4.69) is 10.6 Å². The van der Waals surface area contributed by atoms with Crippen LogP contribution in [-0.2, 0) is 4.79 Å². The molecular weight excluding hydrogens is 468 g/mol. The number of nitrogens with one attached hydrogen (secondary N) is 2. The van der Waals surface area contributed by atoms with Gasteiger partial charge in [0.25, 0.3) is 5.91 Å². The predicted octanol–water partition coefficient (Wildman–Crippen LogP) is 6.17. The first kappa shape index (κ1) is 23.3. The fourth-order valence-electron chi connectivity index (χ4n) is 3.19. The number of carboxylic acids is 1. The largest absolute Gasteiger partial charge is 0.478 e. The van der Waals surface area contributed by atoms with Crippen molar-refractivity contribution in [3.05, 3.63) is 112 Å². The van der Waals surface area contributed by atoms with Gasteiger partial charge in [-0.1, -0.05) is 42.5 Å². The molecule has 0 aliphatic rings. The highest BCUT2D eigenvalue weighted by Crippen LogP contribution is 2.36. The predicted molar refractivity (Wildman–Crippen MR) is 136 cm³/mol. The number of hydrogen-bond donors (Lipinski definition) is 3. The molecule has 4 rings (SSSR count). The molecule has 1 unspecified atom stereocenters. The molecule has 0 saturated carbocycles. The summed E-state index contributed by atoms with van der Waals surface area (Å²) >= 11 is 2.74. The van der Waals surface area contributed by atoms with Gasteiger partial charge in [0.05, 0.1) is 10.4 Å². The zero-order valence-electron chi connectivity index (χ0n) is 17.8. The van der Waals surface area contributed by atoms with Gasteiger partial charge in [-0.2, -0.15) is 0 Å². The number of carbonyl (C=O) groups excluding carboxylic acids is 2. The SMILES string of the molecule is O=C(O)c1cccc(NC(=O)C(Sc2ccc(NC(=O)c3cccs3)cc2)c2ccccc2)c1. The fourth-order valence-corrected chi connectivity index (χ4v) is 4.84. The Bertz CT molecular complexity index is 1290. The van der Waals surface area contributed by atoms with E-state index in [1.807, 2.05) is 53.9 Å². The Hall–Kier alpha value is -3.88. The van der Waals surface area contributed by atoms with Crippen LogP contribution < -0.4 is 10.6 Å². The summed E-state index contributed by atoms with van der Waals surface area (Å²) < 4.78 is 0. The van der Waals surface area contributed by atoms with Crippen molar-refractivity contribution >= 4 is 52.3 Å². The highest BCUT2D eigenvalue weighted by Gasteiger charge is 2.22. The first-order valence-corrected chi connectivity index (χ1v) is 12.1. The lowest BCUT2D eigenvalue weighted by atomic mass is 10.1. The molecule has 0 bridgehead atoms. The molecule has 0 radical (unpaired) electrons. The summed E-state index contributed by atoms with van der Waals surface area (Å²) in [5, 5.41) is 16.2. The van der Waals surface area contributed by atoms with Crippen LogP contribution in [0.25, 0.3) is 0 Å². The van der Waals surface area contributed by atoms with Crippen LogP contribution in [0.5, 0.6) is 0 Å². The van der Waals surface area contributed by atoms with Gasteiger partial charge in [0, 0.05) is 16.3 Å². The van der Waals surface area contributed by atoms with E-state index in [1.165, 1.54) is 35.2 Å². The number of thioether (sulfide) groups is 1. The number of anilines is 2. The molecule has 34 heavy (non-hydrogen) atoms. The van der Waals surface area contributed by atoms with Gasteiger partial charge in [-0.05, 0) is 59.5 Å². The van der Waals surface area contributed by atoms with E-state index in [0.29, 0.717) is 16.3 Å². The summed E-state index contributed by atoms with van der Waals surface area (Å²) in [4.78, 5) is 38.2. The third kappa shape index (κ3) is 5.92. The van der Waals surface area contributed by atoms with Crippen molar-refractivity contribution in [2.75, 3.05) is 10.6 Å². The monoisotopic (exact) mass is 488 g/mol. The molecule has 2 amide bonds. The summed E-state index contributed by atoms with van der Waals surface area (Å²) in [5.74, 6) is -1.49. The zero-order chi connectivity index (χ0) is 23.9. The third-order valence-electron chi connectivity index (χ3n) is 4.83. The number of benzene rings is 3. The van der Waals surface area contributed by atoms with Crippen molar-refractivity contribution in [1.82, 2.24) is 0 Å². The number of carbonyl (C=O) groups is 3. The summed E-state index contributed by atoms with van der Waals surface area (Å²) in [6.07, 6.45) is 0. The van der Waals surface area contributed by atoms with Crippen LogP contribution in [0.2, 0.25) is 0 Å². The minimum atomic E-state index is -1.06. The Labute approximate surface area is 204 Å². The maximum atomic E-state index is 13.2. The summed E-state index contributed by atoms with van der Waals surface area (Å²) in [6.45, 7) is 0. The molecule has 0 saturated heterocycles. The van der Waals surface area contributed by atoms with E-state index < -0.39 is 11.2 Å². The van der Waals surface area contributed by atoms with Crippen molar-refractivity contribution in [3.63, 3.8) is 0 Å². The van der Waals surface area contributed by atoms with Gasteiger partial charge in [0.1, 0.15) is 5.25 Å². The Kier molecular flexibility index (Phi) is 7.41. The van der Waals surface area contributed by atoms with Crippen LogP contribution in [0, 0.1) is 0 Å². The van der Waals surface area contributed by atoms with E-state index >= 15 is 0 Å². The Morgan fingerprint density at radius 3 is 2.24 bits per heavy atom. The van der Waals surface area contributed by atoms with Crippen LogP contribution in [0.3, 0.4) is 0 Å². The number of aromatic carboxylic acids is 1. The molecule has 8 heteroatoms. The number of rotatable bonds is 8. The molecule has 170 valence electrons. The highest BCUT2D eigenvalue weighted by atomic mass is 32.2. The second-order valence-corrected chi connectivity index (χ2v) is 9.37. The number of carboxylic acid groups (broad SMARTS) is 1. The fraction of sp³-hybridized carbons (Fsp3) is 0.0385. The van der Waals surface area contributed by atoms with E-state index in [4.69, 9.17) is 0 Å². The molecule has 4 aromatic rings. The molecule has 0 aliphatic carbocycles. The van der Waals surface area contributed by atoms with Gasteiger partial charge in [0.15, 0.2) is 0 Å². The molecule has 1 heterocycles. The highest BCUT2D eigenvalue weighted by molar-refractivity contribution is 8.00. The van der Waals surface area contributed by atoms with Crippen molar-refractivity contribution in [3.8, 4) is 0 Å². The lowest BCUT2D eigenvalue weighted by Gasteiger charge is -2.17. The van der Waals surface area contributed by atoms with E-state index in [-0.39, 0.29) is 17.4 Å². The standard InChI is InChI=1S/C26H20N2O4S2/c29-24(22-10-5-15-33-22)27-19-11-13-21(14-12-19)34-23(17-6-2-1-3-7-17)25(30)28-20-9-4-8-18(16-20)26(31)32/h1-16,23H,(H,27,29)(H,28,30)(H,31,32). The Morgan fingerprint density at radius 1 is 0.794 bits per heavy atom. The topological polar surface area (TPSA) is 95.5 Å². The van der Waals surface area contributed by atoms with Crippen LogP contribution in [0.1, 0.15) is 30.8 Å². The van der Waals surface area contributed by atoms with Crippen LogP contribution in [-0.4, -0.2) is 22.9 Å². The van der Waals surface area contributed by atoms with Crippen LogP contribution in [0.15, 0.2) is 101 Å². The van der Waals surface area contributed by atoms with Crippen molar-refractivity contribution in [2.45, 2.75) is 10.1 Å². The number of hydrogen-bond acceptors (Lipinski definition) is 5. The second-order valence-electron chi connectivity index (χ2n) is 7.24. The summed E-state index contributed by atoms with van der Waals surface area (Å²) in [5.41, 5.74) is 1.99. The minimum Gasteiger partial charge on any atom is -0.478 e. The maximum Gasteiger partial charge on any atom is 0.335 e. The quantitative estimate of drug-likeness (QED) is 0.258. The summed E-state index contributed by atoms with van der Waals surface area (Å²) in [7, 11) is 0. The third-order valence-corrected chi connectivity index (χ3v) is 6.96. The van der Waals surface area contributed by atoms with Gasteiger partial charge >= 0.3 is 5.97 Å². The number of thiophene rings is 1.